The van der Waals surface area contributed by atoms with Crippen molar-refractivity contribution in [3.05, 3.63) is 120 Å². The quantitative estimate of drug-likeness (QED) is 0.254. The monoisotopic (exact) mass is 594 g/mol. The first kappa shape index (κ1) is 30.2. The van der Waals surface area contributed by atoms with Crippen LogP contribution in [0.15, 0.2) is 103 Å². The Morgan fingerprint density at radius 3 is 2.05 bits per heavy atom. The molecule has 10 nitrogen and oxygen atoms in total. The molecule has 0 bridgehead atoms. The van der Waals surface area contributed by atoms with Crippen LogP contribution in [-0.4, -0.2) is 57.1 Å². The molecule has 1 saturated heterocycles. The predicted molar refractivity (Wildman–Crippen MR) is 163 cm³/mol. The van der Waals surface area contributed by atoms with Crippen molar-refractivity contribution < 1.29 is 28.6 Å². The molecule has 2 heterocycles. The smallest absolute Gasteiger partial charge is 0.411 e. The van der Waals surface area contributed by atoms with E-state index in [-0.39, 0.29) is 30.7 Å². The molecule has 1 fully saturated rings. The van der Waals surface area contributed by atoms with Gasteiger partial charge in [-0.15, -0.1) is 0 Å². The van der Waals surface area contributed by atoms with Gasteiger partial charge in [0, 0.05) is 18.2 Å². The molecular formula is C34H34N4O6. The van der Waals surface area contributed by atoms with Crippen molar-refractivity contribution in [2.45, 2.75) is 51.0 Å². The van der Waals surface area contributed by atoms with Crippen molar-refractivity contribution >= 4 is 23.8 Å². The molecule has 1 aliphatic heterocycles. The summed E-state index contributed by atoms with van der Waals surface area (Å²) in [5.74, 6) is -0.679. The Morgan fingerprint density at radius 1 is 0.864 bits per heavy atom. The second kappa shape index (κ2) is 13.4. The predicted octanol–water partition coefficient (Wildman–Crippen LogP) is 5.82. The van der Waals surface area contributed by atoms with Crippen LogP contribution in [0.1, 0.15) is 54.8 Å². The highest BCUT2D eigenvalue weighted by atomic mass is 16.6. The Hall–Kier alpha value is -5.25. The van der Waals surface area contributed by atoms with Gasteiger partial charge >= 0.3 is 18.1 Å². The van der Waals surface area contributed by atoms with Gasteiger partial charge < -0.3 is 19.5 Å². The fourth-order valence-electron chi connectivity index (χ4n) is 4.80. The Labute approximate surface area is 256 Å². The van der Waals surface area contributed by atoms with Gasteiger partial charge in [-0.1, -0.05) is 78.9 Å². The van der Waals surface area contributed by atoms with Crippen LogP contribution in [0.25, 0.3) is 0 Å². The van der Waals surface area contributed by atoms with Crippen molar-refractivity contribution in [1.29, 1.82) is 0 Å². The zero-order valence-corrected chi connectivity index (χ0v) is 24.8. The lowest BCUT2D eigenvalue weighted by atomic mass is 10.0. The summed E-state index contributed by atoms with van der Waals surface area (Å²) in [6, 6.07) is 28.1. The maximum Gasteiger partial charge on any atom is 0.411 e. The summed E-state index contributed by atoms with van der Waals surface area (Å²) in [6.07, 6.45) is -0.408. The molecule has 1 aliphatic rings. The van der Waals surface area contributed by atoms with Crippen LogP contribution < -0.4 is 10.1 Å². The van der Waals surface area contributed by atoms with Crippen LogP contribution in [0.3, 0.4) is 0 Å². The highest BCUT2D eigenvalue weighted by Gasteiger charge is 2.44. The molecule has 2 amide bonds. The number of amides is 2. The number of anilines is 1. The minimum Gasteiger partial charge on any atom is -0.458 e. The molecule has 10 heteroatoms. The zero-order valence-electron chi connectivity index (χ0n) is 24.8. The molecule has 0 spiro atoms. The Balaban J connectivity index is 1.34. The van der Waals surface area contributed by atoms with Crippen LogP contribution in [0, 0.1) is 0 Å². The summed E-state index contributed by atoms with van der Waals surface area (Å²) in [4.78, 5) is 49.5. The SMILES string of the molecule is CC(C)(C)OC(=O)N1CC(Oc2nccc(NC(=O)c3ccccc3)n2)C[C@@H]1C(=O)OC(c1ccccc1)c1ccccc1. The first-order chi connectivity index (χ1) is 21.2. The molecule has 226 valence electrons. The van der Waals surface area contributed by atoms with Crippen molar-refractivity contribution in [2.75, 3.05) is 11.9 Å². The van der Waals surface area contributed by atoms with Gasteiger partial charge in [-0.05, 0) is 50.1 Å². The lowest BCUT2D eigenvalue weighted by Crippen LogP contribution is -2.44. The first-order valence-electron chi connectivity index (χ1n) is 14.3. The Kier molecular flexibility index (Phi) is 9.18. The maximum absolute atomic E-state index is 13.8. The number of esters is 1. The molecule has 1 aromatic heterocycles. The van der Waals surface area contributed by atoms with Gasteiger partial charge in [0.15, 0.2) is 6.10 Å². The molecule has 4 aromatic rings. The van der Waals surface area contributed by atoms with Gasteiger partial charge in [-0.3, -0.25) is 9.69 Å². The highest BCUT2D eigenvalue weighted by molar-refractivity contribution is 6.03. The number of ether oxygens (including phenoxy) is 3. The average molecular weight is 595 g/mol. The van der Waals surface area contributed by atoms with Gasteiger partial charge in [0.1, 0.15) is 23.6 Å². The minimum absolute atomic E-state index is 0.00883. The fourth-order valence-corrected chi connectivity index (χ4v) is 4.80. The number of nitrogens with one attached hydrogen (secondary N) is 1. The van der Waals surface area contributed by atoms with Gasteiger partial charge in [0.05, 0.1) is 6.54 Å². The zero-order chi connectivity index (χ0) is 31.1. The lowest BCUT2D eigenvalue weighted by molar-refractivity contribution is -0.152. The molecule has 3 aromatic carbocycles. The normalized spacial score (nSPS) is 16.3. The maximum atomic E-state index is 13.8. The van der Waals surface area contributed by atoms with E-state index in [1.54, 1.807) is 51.1 Å². The topological polar surface area (TPSA) is 120 Å². The Bertz CT molecular complexity index is 1540. The third-order valence-corrected chi connectivity index (χ3v) is 6.78. The molecule has 1 unspecified atom stereocenters. The third-order valence-electron chi connectivity index (χ3n) is 6.78. The largest absolute Gasteiger partial charge is 0.458 e. The number of carbonyl (C=O) groups excluding carboxylic acids is 3. The number of aromatic nitrogens is 2. The van der Waals surface area contributed by atoms with E-state index in [1.165, 1.54) is 11.1 Å². The van der Waals surface area contributed by atoms with E-state index < -0.39 is 35.9 Å². The van der Waals surface area contributed by atoms with Crippen LogP contribution >= 0.6 is 0 Å². The number of rotatable bonds is 8. The number of benzene rings is 3. The summed E-state index contributed by atoms with van der Waals surface area (Å²) in [7, 11) is 0. The number of hydrogen-bond acceptors (Lipinski definition) is 8. The van der Waals surface area contributed by atoms with E-state index in [0.29, 0.717) is 5.56 Å². The van der Waals surface area contributed by atoms with E-state index in [0.717, 1.165) is 11.1 Å². The molecule has 1 N–H and O–H groups in total. The molecule has 0 radical (unpaired) electrons. The summed E-state index contributed by atoms with van der Waals surface area (Å²) in [5.41, 5.74) is 1.28. The van der Waals surface area contributed by atoms with Crippen LogP contribution in [0.5, 0.6) is 6.01 Å². The molecule has 0 aliphatic carbocycles. The molecule has 2 atom stereocenters. The summed E-state index contributed by atoms with van der Waals surface area (Å²) < 4.78 is 17.8. The van der Waals surface area contributed by atoms with Crippen LogP contribution in [0.4, 0.5) is 10.6 Å². The molecular weight excluding hydrogens is 560 g/mol. The summed E-state index contributed by atoms with van der Waals surface area (Å²) >= 11 is 0. The van der Waals surface area contributed by atoms with E-state index in [1.807, 2.05) is 66.7 Å². The second-order valence-corrected chi connectivity index (χ2v) is 11.3. The number of nitrogens with zero attached hydrogens (tertiary/aromatic N) is 3. The minimum atomic E-state index is -0.981. The van der Waals surface area contributed by atoms with Gasteiger partial charge in [-0.25, -0.2) is 14.6 Å². The van der Waals surface area contributed by atoms with Crippen molar-refractivity contribution in [3.63, 3.8) is 0 Å². The summed E-state index contributed by atoms with van der Waals surface area (Å²) in [6.45, 7) is 5.31. The number of hydrogen-bond donors (Lipinski definition) is 1. The van der Waals surface area contributed by atoms with Gasteiger partial charge in [-0.2, -0.15) is 4.98 Å². The van der Waals surface area contributed by atoms with Crippen molar-refractivity contribution in [1.82, 2.24) is 14.9 Å². The standard InChI is InChI=1S/C34H34N4O6/c1-34(2,3)44-33(41)38-22-26(42-32-35-20-19-28(37-32)36-30(39)25-17-11-6-12-18-25)21-27(38)31(40)43-29(23-13-7-4-8-14-23)24-15-9-5-10-16-24/h4-20,26-27,29H,21-22H2,1-3H3,(H,35,36,37,39)/t26?,27-/m1/s1. The van der Waals surface area contributed by atoms with Crippen LogP contribution in [0.2, 0.25) is 0 Å². The molecule has 44 heavy (non-hydrogen) atoms. The lowest BCUT2D eigenvalue weighted by Gasteiger charge is -2.28. The fraction of sp³-hybridized carbons (Fsp3) is 0.265. The van der Waals surface area contributed by atoms with Gasteiger partial charge in [0.2, 0.25) is 0 Å². The van der Waals surface area contributed by atoms with Crippen molar-refractivity contribution in [3.8, 4) is 6.01 Å². The van der Waals surface area contributed by atoms with Gasteiger partial charge in [0.25, 0.3) is 5.91 Å². The number of carbonyl (C=O) groups is 3. The van der Waals surface area contributed by atoms with E-state index in [2.05, 4.69) is 15.3 Å². The van der Waals surface area contributed by atoms with E-state index in [9.17, 15) is 14.4 Å². The van der Waals surface area contributed by atoms with Crippen LogP contribution in [-0.2, 0) is 14.3 Å². The first-order valence-corrected chi connectivity index (χ1v) is 14.3. The summed E-state index contributed by atoms with van der Waals surface area (Å²) in [5, 5.41) is 2.73. The molecule has 5 rings (SSSR count). The van der Waals surface area contributed by atoms with E-state index in [4.69, 9.17) is 14.2 Å². The molecule has 0 saturated carbocycles. The van der Waals surface area contributed by atoms with E-state index >= 15 is 0 Å². The highest BCUT2D eigenvalue weighted by Crippen LogP contribution is 2.30. The second-order valence-electron chi connectivity index (χ2n) is 11.3. The third kappa shape index (κ3) is 7.77. The number of likely N-dealkylation sites (tertiary alicyclic amines) is 1. The van der Waals surface area contributed by atoms with Crippen molar-refractivity contribution in [2.24, 2.45) is 0 Å². The average Bonchev–Trinajstić information content (AvgIpc) is 3.44. The Morgan fingerprint density at radius 2 is 1.45 bits per heavy atom.